The Morgan fingerprint density at radius 3 is 2.64 bits per heavy atom. The predicted octanol–water partition coefficient (Wildman–Crippen LogP) is 2.25. The minimum atomic E-state index is -3.78. The van der Waals surface area contributed by atoms with Gasteiger partial charge < -0.3 is 15.0 Å². The number of hydrogen-bond acceptors (Lipinski definition) is 7. The molecule has 0 saturated carbocycles. The maximum atomic E-state index is 12.8. The van der Waals surface area contributed by atoms with E-state index in [0.717, 1.165) is 35.4 Å². The molecule has 0 aliphatic carbocycles. The standard InChI is InChI=1S/C23H30N4O4S2/c1-32-15-9-21(26-33(29,30)16-10-19-5-3-2-4-6-19)23(28)25-18-20-7-8-22(24-17-20)27-11-13-31-14-12-27/h2-8,10,16-17,21,26H,9,11-15,18H2,1H3,(H,25,28)/b16-10+. The van der Waals surface area contributed by atoms with Crippen molar-refractivity contribution in [3.8, 4) is 0 Å². The van der Waals surface area contributed by atoms with Crippen LogP contribution in [0.15, 0.2) is 54.1 Å². The molecule has 2 aromatic rings. The smallest absolute Gasteiger partial charge is 0.238 e. The number of morpholine rings is 1. The van der Waals surface area contributed by atoms with Gasteiger partial charge in [0.2, 0.25) is 15.9 Å². The van der Waals surface area contributed by atoms with Gasteiger partial charge in [-0.15, -0.1) is 0 Å². The Morgan fingerprint density at radius 2 is 1.97 bits per heavy atom. The number of sulfonamides is 1. The van der Waals surface area contributed by atoms with Crippen molar-refractivity contribution >= 4 is 39.6 Å². The van der Waals surface area contributed by atoms with E-state index in [1.165, 1.54) is 6.08 Å². The van der Waals surface area contributed by atoms with Crippen molar-refractivity contribution < 1.29 is 17.9 Å². The summed E-state index contributed by atoms with van der Waals surface area (Å²) in [6.45, 7) is 3.26. The van der Waals surface area contributed by atoms with Gasteiger partial charge in [-0.3, -0.25) is 4.79 Å². The van der Waals surface area contributed by atoms with Crippen LogP contribution in [0.5, 0.6) is 0 Å². The highest BCUT2D eigenvalue weighted by Crippen LogP contribution is 2.13. The van der Waals surface area contributed by atoms with Crippen LogP contribution in [0, 0.1) is 0 Å². The Bertz CT molecular complexity index is 1010. The summed E-state index contributed by atoms with van der Waals surface area (Å²) in [6, 6.07) is 12.1. The third-order valence-electron chi connectivity index (χ3n) is 5.08. The van der Waals surface area contributed by atoms with Gasteiger partial charge in [0.1, 0.15) is 11.9 Å². The lowest BCUT2D eigenvalue weighted by Gasteiger charge is -2.27. The molecule has 1 aliphatic heterocycles. The summed E-state index contributed by atoms with van der Waals surface area (Å²) in [7, 11) is -3.78. The molecule has 1 aromatic heterocycles. The molecule has 1 aromatic carbocycles. The van der Waals surface area contributed by atoms with Gasteiger partial charge in [-0.25, -0.2) is 13.4 Å². The van der Waals surface area contributed by atoms with Crippen molar-refractivity contribution in [2.24, 2.45) is 0 Å². The van der Waals surface area contributed by atoms with Crippen molar-refractivity contribution in [1.82, 2.24) is 15.0 Å². The van der Waals surface area contributed by atoms with E-state index in [2.05, 4.69) is 19.9 Å². The number of nitrogens with one attached hydrogen (secondary N) is 2. The fourth-order valence-electron chi connectivity index (χ4n) is 3.26. The summed E-state index contributed by atoms with van der Waals surface area (Å²) >= 11 is 1.56. The molecule has 0 spiro atoms. The summed E-state index contributed by atoms with van der Waals surface area (Å²) in [5.41, 5.74) is 1.61. The van der Waals surface area contributed by atoms with E-state index < -0.39 is 16.1 Å². The second-order valence-corrected chi connectivity index (χ2v) is 10.1. The summed E-state index contributed by atoms with van der Waals surface area (Å²) in [5.74, 6) is 1.17. The van der Waals surface area contributed by atoms with Crippen molar-refractivity contribution in [2.75, 3.05) is 43.2 Å². The zero-order valence-electron chi connectivity index (χ0n) is 18.6. The minimum Gasteiger partial charge on any atom is -0.378 e. The zero-order chi connectivity index (χ0) is 23.5. The van der Waals surface area contributed by atoms with Crippen molar-refractivity contribution in [2.45, 2.75) is 19.0 Å². The second-order valence-electron chi connectivity index (χ2n) is 7.55. The first-order valence-corrected chi connectivity index (χ1v) is 13.7. The molecule has 10 heteroatoms. The molecular weight excluding hydrogens is 460 g/mol. The van der Waals surface area contributed by atoms with Crippen LogP contribution in [0.25, 0.3) is 6.08 Å². The minimum absolute atomic E-state index is 0.270. The summed E-state index contributed by atoms with van der Waals surface area (Å²) in [4.78, 5) is 19.4. The lowest BCUT2D eigenvalue weighted by atomic mass is 10.2. The third kappa shape index (κ3) is 8.47. The molecule has 0 radical (unpaired) electrons. The number of hydrogen-bond donors (Lipinski definition) is 2. The SMILES string of the molecule is CSCCC(NS(=O)(=O)/C=C/c1ccccc1)C(=O)NCc1ccc(N2CCOCC2)nc1. The van der Waals surface area contributed by atoms with Gasteiger partial charge in [-0.2, -0.15) is 16.5 Å². The van der Waals surface area contributed by atoms with Gasteiger partial charge in [0.25, 0.3) is 0 Å². The lowest BCUT2D eigenvalue weighted by molar-refractivity contribution is -0.122. The van der Waals surface area contributed by atoms with E-state index in [1.54, 1.807) is 18.0 Å². The van der Waals surface area contributed by atoms with E-state index in [4.69, 9.17) is 4.74 Å². The number of pyridine rings is 1. The summed E-state index contributed by atoms with van der Waals surface area (Å²) in [6.07, 6.45) is 5.54. The number of carbonyl (C=O) groups excluding carboxylic acids is 1. The van der Waals surface area contributed by atoms with Crippen molar-refractivity contribution in [1.29, 1.82) is 0 Å². The first kappa shape index (κ1) is 25.2. The largest absolute Gasteiger partial charge is 0.378 e. The Balaban J connectivity index is 1.57. The number of amides is 1. The van der Waals surface area contributed by atoms with Gasteiger partial charge in [0.05, 0.1) is 13.2 Å². The third-order valence-corrected chi connectivity index (χ3v) is 6.84. The summed E-state index contributed by atoms with van der Waals surface area (Å²) < 4.78 is 32.9. The van der Waals surface area contributed by atoms with E-state index in [-0.39, 0.29) is 12.5 Å². The first-order valence-electron chi connectivity index (χ1n) is 10.8. The number of anilines is 1. The van der Waals surface area contributed by atoms with Crippen LogP contribution in [0.4, 0.5) is 5.82 Å². The normalized spacial score (nSPS) is 15.5. The van der Waals surface area contributed by atoms with Gasteiger partial charge in [-0.05, 0) is 41.7 Å². The highest BCUT2D eigenvalue weighted by molar-refractivity contribution is 7.98. The molecule has 3 rings (SSSR count). The Labute approximate surface area is 199 Å². The maximum Gasteiger partial charge on any atom is 0.238 e. The van der Waals surface area contributed by atoms with Gasteiger partial charge in [0.15, 0.2) is 0 Å². The van der Waals surface area contributed by atoms with Gasteiger partial charge in [0, 0.05) is 31.2 Å². The Morgan fingerprint density at radius 1 is 1.21 bits per heavy atom. The number of benzene rings is 1. The van der Waals surface area contributed by atoms with E-state index in [9.17, 15) is 13.2 Å². The predicted molar refractivity (Wildman–Crippen MR) is 133 cm³/mol. The number of aromatic nitrogens is 1. The average molecular weight is 491 g/mol. The average Bonchev–Trinajstić information content (AvgIpc) is 2.85. The number of carbonyl (C=O) groups is 1. The molecule has 1 saturated heterocycles. The van der Waals surface area contributed by atoms with Crippen LogP contribution in [0.1, 0.15) is 17.5 Å². The second kappa shape index (κ2) is 12.7. The zero-order valence-corrected chi connectivity index (χ0v) is 20.3. The highest BCUT2D eigenvalue weighted by Gasteiger charge is 2.22. The number of thioether (sulfide) groups is 1. The topological polar surface area (TPSA) is 101 Å². The van der Waals surface area contributed by atoms with Crippen LogP contribution < -0.4 is 14.9 Å². The van der Waals surface area contributed by atoms with E-state index in [0.29, 0.717) is 25.4 Å². The van der Waals surface area contributed by atoms with Crippen molar-refractivity contribution in [3.63, 3.8) is 0 Å². The fourth-order valence-corrected chi connectivity index (χ4v) is 4.77. The van der Waals surface area contributed by atoms with Crippen LogP contribution in [0.3, 0.4) is 0 Å². The molecule has 1 fully saturated rings. The summed E-state index contributed by atoms with van der Waals surface area (Å²) in [5, 5.41) is 3.92. The molecule has 8 nitrogen and oxygen atoms in total. The maximum absolute atomic E-state index is 12.8. The van der Waals surface area contributed by atoms with E-state index >= 15 is 0 Å². The fraction of sp³-hybridized carbons (Fsp3) is 0.391. The van der Waals surface area contributed by atoms with Crippen LogP contribution in [0.2, 0.25) is 0 Å². The van der Waals surface area contributed by atoms with Crippen LogP contribution in [-0.4, -0.2) is 63.7 Å². The molecule has 0 bridgehead atoms. The molecule has 178 valence electrons. The first-order chi connectivity index (χ1) is 16.0. The lowest BCUT2D eigenvalue weighted by Crippen LogP contribution is -2.46. The number of ether oxygens (including phenoxy) is 1. The molecule has 1 aliphatic rings. The molecule has 1 unspecified atom stereocenters. The molecular formula is C23H30N4O4S2. The molecule has 2 N–H and O–H groups in total. The molecule has 1 atom stereocenters. The number of nitrogens with zero attached hydrogens (tertiary/aromatic N) is 2. The molecule has 1 amide bonds. The van der Waals surface area contributed by atoms with Crippen molar-refractivity contribution in [3.05, 3.63) is 65.2 Å². The molecule has 33 heavy (non-hydrogen) atoms. The Kier molecular flexibility index (Phi) is 9.74. The van der Waals surface area contributed by atoms with E-state index in [1.807, 2.05) is 48.7 Å². The van der Waals surface area contributed by atoms with Crippen LogP contribution in [-0.2, 0) is 26.1 Å². The van der Waals surface area contributed by atoms with Gasteiger partial charge in [-0.1, -0.05) is 36.4 Å². The monoisotopic (exact) mass is 490 g/mol. The Hall–Kier alpha value is -2.40. The number of rotatable bonds is 11. The highest BCUT2D eigenvalue weighted by atomic mass is 32.2. The van der Waals surface area contributed by atoms with Crippen LogP contribution >= 0.6 is 11.8 Å². The molecule has 2 heterocycles. The quantitative estimate of drug-likeness (QED) is 0.498. The van der Waals surface area contributed by atoms with Gasteiger partial charge >= 0.3 is 0 Å².